The zero-order valence-electron chi connectivity index (χ0n) is 14.0. The number of amides is 1. The van der Waals surface area contributed by atoms with Crippen LogP contribution in [0.15, 0.2) is 0 Å². The van der Waals surface area contributed by atoms with E-state index in [1.54, 1.807) is 20.8 Å². The molecular weight excluding hydrogens is 258 g/mol. The molecule has 0 aromatic carbocycles. The van der Waals surface area contributed by atoms with Crippen molar-refractivity contribution in [2.45, 2.75) is 79.1 Å². The molecule has 1 amide bonds. The van der Waals surface area contributed by atoms with Crippen molar-refractivity contribution in [1.82, 2.24) is 5.32 Å². The van der Waals surface area contributed by atoms with Gasteiger partial charge in [0.15, 0.2) is 0 Å². The monoisotopic (exact) mass is 287 g/mol. The third kappa shape index (κ3) is 9.64. The highest BCUT2D eigenvalue weighted by Crippen LogP contribution is 2.14. The standard InChI is InChI=1S/C15H29NO4/c1-10(2)11(9-12(17)19-14(3,4)5)16-13(18)20-15(6,7)8/h10-11H,9H2,1-8H3,(H,16,18)/t11-/m1/s1. The fraction of sp³-hybridized carbons (Fsp3) is 0.867. The number of ether oxygens (including phenoxy) is 2. The van der Waals surface area contributed by atoms with E-state index in [1.165, 1.54) is 0 Å². The van der Waals surface area contributed by atoms with Crippen LogP contribution >= 0.6 is 0 Å². The predicted octanol–water partition coefficient (Wildman–Crippen LogP) is 3.27. The molecule has 0 spiro atoms. The second-order valence-corrected chi connectivity index (χ2v) is 7.29. The van der Waals surface area contributed by atoms with Crippen molar-refractivity contribution in [3.63, 3.8) is 0 Å². The largest absolute Gasteiger partial charge is 0.460 e. The Labute approximate surface area is 122 Å². The van der Waals surface area contributed by atoms with Crippen molar-refractivity contribution >= 4 is 12.1 Å². The van der Waals surface area contributed by atoms with Gasteiger partial charge in [-0.3, -0.25) is 4.79 Å². The molecule has 0 saturated carbocycles. The first-order valence-corrected chi connectivity index (χ1v) is 7.01. The van der Waals surface area contributed by atoms with E-state index in [0.29, 0.717) is 0 Å². The number of hydrogen-bond donors (Lipinski definition) is 1. The predicted molar refractivity (Wildman–Crippen MR) is 78.5 cm³/mol. The maximum absolute atomic E-state index is 11.8. The average molecular weight is 287 g/mol. The molecular formula is C15H29NO4. The number of carbonyl (C=O) groups is 2. The van der Waals surface area contributed by atoms with E-state index in [9.17, 15) is 9.59 Å². The number of carbonyl (C=O) groups excluding carboxylic acids is 2. The third-order valence-corrected chi connectivity index (χ3v) is 2.31. The summed E-state index contributed by atoms with van der Waals surface area (Å²) in [5, 5.41) is 2.73. The van der Waals surface area contributed by atoms with Gasteiger partial charge in [-0.05, 0) is 47.5 Å². The number of rotatable bonds is 4. The lowest BCUT2D eigenvalue weighted by Gasteiger charge is -2.26. The van der Waals surface area contributed by atoms with Gasteiger partial charge in [0.25, 0.3) is 0 Å². The molecule has 0 saturated heterocycles. The molecule has 118 valence electrons. The second-order valence-electron chi connectivity index (χ2n) is 7.29. The van der Waals surface area contributed by atoms with Gasteiger partial charge in [0, 0.05) is 6.04 Å². The van der Waals surface area contributed by atoms with E-state index in [1.807, 2.05) is 34.6 Å². The minimum absolute atomic E-state index is 0.107. The van der Waals surface area contributed by atoms with Crippen LogP contribution in [-0.4, -0.2) is 29.3 Å². The lowest BCUT2D eigenvalue weighted by molar-refractivity contribution is -0.155. The van der Waals surface area contributed by atoms with Gasteiger partial charge in [-0.25, -0.2) is 4.79 Å². The van der Waals surface area contributed by atoms with Gasteiger partial charge in [-0.15, -0.1) is 0 Å². The maximum atomic E-state index is 11.8. The molecule has 0 bridgehead atoms. The molecule has 0 aliphatic heterocycles. The van der Waals surface area contributed by atoms with Crippen molar-refractivity contribution in [2.24, 2.45) is 5.92 Å². The summed E-state index contributed by atoms with van der Waals surface area (Å²) in [6.45, 7) is 14.7. The molecule has 0 radical (unpaired) electrons. The average Bonchev–Trinajstić information content (AvgIpc) is 2.09. The number of hydrogen-bond acceptors (Lipinski definition) is 4. The highest BCUT2D eigenvalue weighted by molar-refractivity contribution is 5.73. The highest BCUT2D eigenvalue weighted by atomic mass is 16.6. The Morgan fingerprint density at radius 2 is 1.40 bits per heavy atom. The van der Waals surface area contributed by atoms with E-state index in [2.05, 4.69) is 5.32 Å². The molecule has 0 aliphatic carbocycles. The van der Waals surface area contributed by atoms with Crippen molar-refractivity contribution in [3.8, 4) is 0 Å². The van der Waals surface area contributed by atoms with Gasteiger partial charge < -0.3 is 14.8 Å². The van der Waals surface area contributed by atoms with Crippen LogP contribution < -0.4 is 5.32 Å². The molecule has 1 atom stereocenters. The lowest BCUT2D eigenvalue weighted by Crippen LogP contribution is -2.43. The molecule has 0 aromatic rings. The Bertz CT molecular complexity index is 307. The van der Waals surface area contributed by atoms with Crippen molar-refractivity contribution in [1.29, 1.82) is 0 Å². The summed E-state index contributed by atoms with van der Waals surface area (Å²) in [6, 6.07) is -0.306. The first-order chi connectivity index (χ1) is 8.80. The second kappa shape index (κ2) is 6.95. The van der Waals surface area contributed by atoms with Crippen molar-refractivity contribution < 1.29 is 19.1 Å². The molecule has 0 rings (SSSR count). The first-order valence-electron chi connectivity index (χ1n) is 7.01. The first kappa shape index (κ1) is 18.7. The summed E-state index contributed by atoms with van der Waals surface area (Å²) in [5.41, 5.74) is -1.08. The molecule has 5 heteroatoms. The van der Waals surface area contributed by atoms with Gasteiger partial charge in [-0.2, -0.15) is 0 Å². The smallest absolute Gasteiger partial charge is 0.407 e. The summed E-state index contributed by atoms with van der Waals surface area (Å²) in [4.78, 5) is 23.6. The minimum Gasteiger partial charge on any atom is -0.460 e. The molecule has 20 heavy (non-hydrogen) atoms. The summed E-state index contributed by atoms with van der Waals surface area (Å²) >= 11 is 0. The molecule has 1 N–H and O–H groups in total. The molecule has 0 aliphatic rings. The summed E-state index contributed by atoms with van der Waals surface area (Å²) in [6.07, 6.45) is -0.381. The fourth-order valence-corrected chi connectivity index (χ4v) is 1.48. The van der Waals surface area contributed by atoms with Crippen LogP contribution in [-0.2, 0) is 14.3 Å². The van der Waals surface area contributed by atoms with Crippen LogP contribution in [0.5, 0.6) is 0 Å². The molecule has 0 aromatic heterocycles. The fourth-order valence-electron chi connectivity index (χ4n) is 1.48. The van der Waals surface area contributed by atoms with E-state index in [0.717, 1.165) is 0 Å². The Morgan fingerprint density at radius 1 is 0.950 bits per heavy atom. The van der Waals surface area contributed by atoms with Gasteiger partial charge in [0.05, 0.1) is 6.42 Å². The molecule has 0 fully saturated rings. The van der Waals surface area contributed by atoms with Gasteiger partial charge >= 0.3 is 12.1 Å². The van der Waals surface area contributed by atoms with Crippen LogP contribution in [0.2, 0.25) is 0 Å². The third-order valence-electron chi connectivity index (χ3n) is 2.31. The minimum atomic E-state index is -0.558. The summed E-state index contributed by atoms with van der Waals surface area (Å²) in [5.74, 6) is -0.220. The number of esters is 1. The van der Waals surface area contributed by atoms with Crippen LogP contribution in [0.3, 0.4) is 0 Å². The Hall–Kier alpha value is -1.26. The number of alkyl carbamates (subject to hydrolysis) is 1. The Kier molecular flexibility index (Phi) is 6.51. The van der Waals surface area contributed by atoms with E-state index in [-0.39, 0.29) is 24.3 Å². The van der Waals surface area contributed by atoms with Gasteiger partial charge in [0.1, 0.15) is 11.2 Å². The maximum Gasteiger partial charge on any atom is 0.407 e. The Balaban J connectivity index is 4.52. The van der Waals surface area contributed by atoms with Crippen LogP contribution in [0.25, 0.3) is 0 Å². The van der Waals surface area contributed by atoms with Gasteiger partial charge in [-0.1, -0.05) is 13.8 Å². The quantitative estimate of drug-likeness (QED) is 0.806. The topological polar surface area (TPSA) is 64.6 Å². The van der Waals surface area contributed by atoms with Crippen molar-refractivity contribution in [2.75, 3.05) is 0 Å². The van der Waals surface area contributed by atoms with Crippen molar-refractivity contribution in [3.05, 3.63) is 0 Å². The Morgan fingerprint density at radius 3 is 1.75 bits per heavy atom. The molecule has 0 unspecified atom stereocenters. The van der Waals surface area contributed by atoms with E-state index in [4.69, 9.17) is 9.47 Å². The zero-order chi connectivity index (χ0) is 16.1. The van der Waals surface area contributed by atoms with E-state index < -0.39 is 17.3 Å². The molecule has 0 heterocycles. The number of nitrogens with one attached hydrogen (secondary N) is 1. The normalized spacial score (nSPS) is 13.8. The molecule has 5 nitrogen and oxygen atoms in total. The van der Waals surface area contributed by atoms with Crippen LogP contribution in [0.4, 0.5) is 4.79 Å². The van der Waals surface area contributed by atoms with E-state index >= 15 is 0 Å². The van der Waals surface area contributed by atoms with Crippen LogP contribution in [0, 0.1) is 5.92 Å². The summed E-state index contributed by atoms with van der Waals surface area (Å²) < 4.78 is 10.5. The highest BCUT2D eigenvalue weighted by Gasteiger charge is 2.25. The summed E-state index contributed by atoms with van der Waals surface area (Å²) in [7, 11) is 0. The SMILES string of the molecule is CC(C)[C@@H](CC(=O)OC(C)(C)C)NC(=O)OC(C)(C)C. The lowest BCUT2D eigenvalue weighted by atomic mass is 10.0. The van der Waals surface area contributed by atoms with Crippen LogP contribution in [0.1, 0.15) is 61.8 Å². The van der Waals surface area contributed by atoms with Gasteiger partial charge in [0.2, 0.25) is 0 Å². The zero-order valence-corrected chi connectivity index (χ0v) is 14.0.